The second kappa shape index (κ2) is 9.41. The van der Waals surface area contributed by atoms with Gasteiger partial charge in [0.05, 0.1) is 23.4 Å². The first-order chi connectivity index (χ1) is 17.6. The Bertz CT molecular complexity index is 1360. The summed E-state index contributed by atoms with van der Waals surface area (Å²) in [6, 6.07) is 4.73. The van der Waals surface area contributed by atoms with Crippen LogP contribution in [-0.2, 0) is 24.0 Å². The van der Waals surface area contributed by atoms with Gasteiger partial charge in [0.1, 0.15) is 0 Å². The number of amides is 2. The highest BCUT2D eigenvalue weighted by Gasteiger charge is 2.56. The zero-order valence-corrected chi connectivity index (χ0v) is 21.5. The van der Waals surface area contributed by atoms with Gasteiger partial charge in [0.15, 0.2) is 23.1 Å². The Morgan fingerprint density at radius 1 is 1.16 bits per heavy atom. The molecule has 2 N–H and O–H groups in total. The lowest BCUT2D eigenvalue weighted by Crippen LogP contribution is -2.39. The van der Waals surface area contributed by atoms with Crippen molar-refractivity contribution in [3.63, 3.8) is 0 Å². The van der Waals surface area contributed by atoms with Gasteiger partial charge in [0.25, 0.3) is 0 Å². The molecule has 4 aliphatic rings. The van der Waals surface area contributed by atoms with Gasteiger partial charge in [-0.1, -0.05) is 17.7 Å². The van der Waals surface area contributed by atoms with Crippen molar-refractivity contribution < 1.29 is 38.9 Å². The number of nitrogens with zero attached hydrogens (tertiary/aromatic N) is 1. The summed E-state index contributed by atoms with van der Waals surface area (Å²) in [7, 11) is 1.41. The molecule has 1 heterocycles. The number of carboxylic acids is 1. The van der Waals surface area contributed by atoms with Crippen LogP contribution in [0.25, 0.3) is 0 Å². The lowest BCUT2D eigenvalue weighted by atomic mass is 9.59. The molecule has 1 fully saturated rings. The van der Waals surface area contributed by atoms with Crippen LogP contribution in [0.5, 0.6) is 11.5 Å². The van der Waals surface area contributed by atoms with E-state index in [4.69, 9.17) is 9.84 Å². The van der Waals surface area contributed by atoms with Crippen molar-refractivity contribution in [2.45, 2.75) is 31.6 Å². The summed E-state index contributed by atoms with van der Waals surface area (Å²) >= 11 is 3.19. The molecule has 5 rings (SSSR count). The molecule has 0 aromatic heterocycles. The van der Waals surface area contributed by atoms with Crippen molar-refractivity contribution >= 4 is 45.3 Å². The number of carbonyl (C=O) groups is 5. The first-order valence-electron chi connectivity index (χ1n) is 12.0. The Balaban J connectivity index is 1.59. The van der Waals surface area contributed by atoms with E-state index in [0.29, 0.717) is 23.1 Å². The number of carboxylic acid groups (broad SMARTS) is 1. The predicted octanol–water partition coefficient (Wildman–Crippen LogP) is 3.03. The molecular weight excluding hydrogens is 546 g/mol. The van der Waals surface area contributed by atoms with Crippen LogP contribution < -0.4 is 4.74 Å². The topological polar surface area (TPSA) is 138 Å². The van der Waals surface area contributed by atoms with Crippen molar-refractivity contribution in [2.75, 3.05) is 13.7 Å². The first-order valence-corrected chi connectivity index (χ1v) is 12.8. The van der Waals surface area contributed by atoms with Gasteiger partial charge in [0, 0.05) is 36.1 Å². The number of ether oxygens (including phenoxy) is 1. The number of halogens is 1. The van der Waals surface area contributed by atoms with E-state index in [-0.39, 0.29) is 65.2 Å². The van der Waals surface area contributed by atoms with Crippen LogP contribution >= 0.6 is 15.9 Å². The largest absolute Gasteiger partial charge is 0.504 e. The molecule has 3 aliphatic carbocycles. The highest BCUT2D eigenvalue weighted by molar-refractivity contribution is 9.12. The maximum atomic E-state index is 13.5. The van der Waals surface area contributed by atoms with Crippen molar-refractivity contribution in [1.29, 1.82) is 0 Å². The molecular formula is C27H24BrNO8. The van der Waals surface area contributed by atoms with Crippen molar-refractivity contribution in [3.8, 4) is 11.5 Å². The minimum absolute atomic E-state index is 0.0251. The monoisotopic (exact) mass is 569 g/mol. The lowest BCUT2D eigenvalue weighted by Gasteiger charge is -2.42. The standard InChI is InChI=1S/C27H24BrNO8/c1-37-20-9-12(4-7-18(20)30)22-13-5-6-14-23(27(36)29(26(14)35)8-2-3-21(32)33)15(13)10-16-24(22)19(31)11-17(28)25(16)34/h4-5,7,9,11,14-15,22-23,30H,2-3,6,8,10H2,1H3,(H,32,33)/t14-,15+,22-,23-/m0/s1. The number of aromatic hydroxyl groups is 1. The molecule has 1 aromatic rings. The van der Waals surface area contributed by atoms with Crippen molar-refractivity contribution in [3.05, 3.63) is 57.1 Å². The lowest BCUT2D eigenvalue weighted by molar-refractivity contribution is -0.142. The average molecular weight is 570 g/mol. The molecule has 1 saturated heterocycles. The number of aliphatic carboxylic acids is 1. The number of ketones is 2. The van der Waals surface area contributed by atoms with Gasteiger partial charge in [0.2, 0.25) is 11.8 Å². The Kier molecular flexibility index (Phi) is 6.39. The molecule has 1 aliphatic heterocycles. The summed E-state index contributed by atoms with van der Waals surface area (Å²) in [6.07, 6.45) is 3.60. The minimum atomic E-state index is -1.00. The quantitative estimate of drug-likeness (QED) is 0.303. The fourth-order valence-corrected chi connectivity index (χ4v) is 6.58. The number of Topliss-reactive ketones (excluding diaryl/α,β-unsaturated/α-hetero) is 1. The summed E-state index contributed by atoms with van der Waals surface area (Å²) < 4.78 is 5.42. The Hall–Kier alpha value is -3.53. The number of phenolic OH excluding ortho intramolecular Hbond substituents is 1. The third-order valence-corrected chi connectivity index (χ3v) is 8.32. The number of hydrogen-bond acceptors (Lipinski definition) is 7. The van der Waals surface area contributed by atoms with Crippen LogP contribution in [0.1, 0.15) is 37.2 Å². The number of allylic oxidation sites excluding steroid dienone is 6. The van der Waals surface area contributed by atoms with Crippen LogP contribution in [-0.4, -0.2) is 58.1 Å². The predicted molar refractivity (Wildman–Crippen MR) is 133 cm³/mol. The number of imide groups is 1. The Morgan fingerprint density at radius 3 is 2.62 bits per heavy atom. The van der Waals surface area contributed by atoms with Gasteiger partial charge < -0.3 is 14.9 Å². The number of rotatable bonds is 6. The second-order valence-corrected chi connectivity index (χ2v) is 10.5. The summed E-state index contributed by atoms with van der Waals surface area (Å²) in [4.78, 5) is 65.2. The second-order valence-electron chi connectivity index (χ2n) is 9.65. The van der Waals surface area contributed by atoms with E-state index < -0.39 is 29.6 Å². The molecule has 0 unspecified atom stereocenters. The fraction of sp³-hybridized carbons (Fsp3) is 0.370. The number of hydrogen-bond donors (Lipinski definition) is 2. The van der Waals surface area contributed by atoms with Gasteiger partial charge >= 0.3 is 5.97 Å². The number of fused-ring (bicyclic) bond motifs is 3. The van der Waals surface area contributed by atoms with Gasteiger partial charge in [-0.15, -0.1) is 0 Å². The Morgan fingerprint density at radius 2 is 1.92 bits per heavy atom. The smallest absolute Gasteiger partial charge is 0.303 e. The molecule has 9 nitrogen and oxygen atoms in total. The number of likely N-dealkylation sites (tertiary alicyclic amines) is 1. The molecule has 37 heavy (non-hydrogen) atoms. The van der Waals surface area contributed by atoms with Crippen LogP contribution in [0.2, 0.25) is 0 Å². The number of carbonyl (C=O) groups excluding carboxylic acids is 4. The van der Waals surface area contributed by atoms with E-state index in [2.05, 4.69) is 15.9 Å². The van der Waals surface area contributed by atoms with Crippen LogP contribution in [0.4, 0.5) is 0 Å². The van der Waals surface area contributed by atoms with Crippen molar-refractivity contribution in [2.24, 2.45) is 17.8 Å². The minimum Gasteiger partial charge on any atom is -0.504 e. The first kappa shape index (κ1) is 25.1. The normalized spacial score (nSPS) is 26.9. The number of methoxy groups -OCH3 is 1. The average Bonchev–Trinajstić information content (AvgIpc) is 3.11. The molecule has 4 atom stereocenters. The molecule has 1 aromatic carbocycles. The third-order valence-electron chi connectivity index (χ3n) is 7.73. The zero-order valence-electron chi connectivity index (χ0n) is 19.9. The number of phenols is 1. The van der Waals surface area contributed by atoms with Crippen LogP contribution in [0, 0.1) is 17.8 Å². The summed E-state index contributed by atoms with van der Waals surface area (Å²) in [5.41, 5.74) is 2.05. The molecule has 0 spiro atoms. The molecule has 0 bridgehead atoms. The van der Waals surface area contributed by atoms with Gasteiger partial charge in [-0.2, -0.15) is 0 Å². The zero-order chi connectivity index (χ0) is 26.6. The SMILES string of the molecule is COc1cc([C@H]2C3=CC[C@@H]4C(=O)N(CCCC(=O)O)C(=O)[C@@H]4[C@@H]3CC3=C2C(=O)C=C(Br)C3=O)ccc1O. The summed E-state index contributed by atoms with van der Waals surface area (Å²) in [6.45, 7) is 0.0251. The van der Waals surface area contributed by atoms with E-state index in [1.807, 2.05) is 6.08 Å². The van der Waals surface area contributed by atoms with Gasteiger partial charge in [-0.3, -0.25) is 28.9 Å². The molecule has 0 radical (unpaired) electrons. The fourth-order valence-electron chi connectivity index (χ4n) is 6.13. The van der Waals surface area contributed by atoms with Gasteiger partial charge in [-0.25, -0.2) is 0 Å². The van der Waals surface area contributed by atoms with E-state index in [9.17, 15) is 29.1 Å². The van der Waals surface area contributed by atoms with Crippen molar-refractivity contribution in [1.82, 2.24) is 4.90 Å². The Labute approximate surface area is 220 Å². The molecule has 2 amide bonds. The highest BCUT2D eigenvalue weighted by atomic mass is 79.9. The third kappa shape index (κ3) is 4.03. The van der Waals surface area contributed by atoms with E-state index in [1.165, 1.54) is 19.3 Å². The molecule has 0 saturated carbocycles. The summed E-state index contributed by atoms with van der Waals surface area (Å²) in [5.74, 6) is -4.66. The van der Waals surface area contributed by atoms with Crippen LogP contribution in [0.3, 0.4) is 0 Å². The molecule has 10 heteroatoms. The summed E-state index contributed by atoms with van der Waals surface area (Å²) in [5, 5.41) is 19.1. The van der Waals surface area contributed by atoms with Crippen LogP contribution in [0.15, 0.2) is 51.6 Å². The maximum Gasteiger partial charge on any atom is 0.303 e. The number of benzene rings is 1. The van der Waals surface area contributed by atoms with E-state index in [1.54, 1.807) is 12.1 Å². The highest BCUT2D eigenvalue weighted by Crippen LogP contribution is 2.55. The van der Waals surface area contributed by atoms with Gasteiger partial charge in [-0.05, 0) is 58.8 Å². The molecule has 192 valence electrons. The van der Waals surface area contributed by atoms with E-state index >= 15 is 0 Å². The van der Waals surface area contributed by atoms with E-state index in [0.717, 1.165) is 10.5 Å². The maximum absolute atomic E-state index is 13.5.